The van der Waals surface area contributed by atoms with Crippen LogP contribution in [0.1, 0.15) is 46.5 Å². The Morgan fingerprint density at radius 3 is 1.74 bits per heavy atom. The maximum atomic E-state index is 14.5. The van der Waals surface area contributed by atoms with Gasteiger partial charge in [0, 0.05) is 54.3 Å². The van der Waals surface area contributed by atoms with Gasteiger partial charge in [-0.05, 0) is 73.0 Å². The predicted octanol–water partition coefficient (Wildman–Crippen LogP) is 11.5. The molecule has 68 heavy (non-hydrogen) atoms. The largest absolute Gasteiger partial charge is 0.416 e. The molecule has 2 aromatic heterocycles. The van der Waals surface area contributed by atoms with Crippen molar-refractivity contribution in [1.29, 1.82) is 0 Å². The van der Waals surface area contributed by atoms with Crippen LogP contribution in [-0.4, -0.2) is 57.2 Å². The first kappa shape index (κ1) is 51.8. The zero-order valence-electron chi connectivity index (χ0n) is 36.5. The molecule has 2 atom stereocenters. The summed E-state index contributed by atoms with van der Waals surface area (Å²) >= 11 is 2.95. The van der Waals surface area contributed by atoms with Crippen LogP contribution in [0.5, 0.6) is 0 Å². The Balaban J connectivity index is 0.000000267. The minimum atomic E-state index is -4.50. The van der Waals surface area contributed by atoms with Crippen LogP contribution in [-0.2, 0) is 45.5 Å². The zero-order chi connectivity index (χ0) is 47.6. The molecule has 8 rings (SSSR count). The first-order valence-electron chi connectivity index (χ1n) is 21.1. The van der Waals surface area contributed by atoms with Crippen molar-refractivity contribution in [3.05, 3.63) is 185 Å². The number of sulfonamides is 1. The standard InChI is InChI=1S/C31H26F5N3O3S2.C19H19N3S.ClH/c32-23-10-13-26(14-11-23)44(41,42)39-18-24(33)16-28(39)29(40)15-12-25-17-27(21-6-8-22(9-7-21)31(34,35)36)38-30(37-25)43-19-20-4-2-1-3-5-20;1-14-7-9-16(10-8-14)18-11-17(12-20)21-19(22-18)23-13-15-5-3-2-4-6-15;/h1-11,13-14,17,24,28H,12,15-16,18-19H2;2-11H,12-13,20H2,1H3;1H/t24-,28+;;/m1../s1. The average Bonchev–Trinajstić information content (AvgIpc) is 3.75. The van der Waals surface area contributed by atoms with E-state index in [2.05, 4.69) is 58.3 Å². The number of thioether (sulfide) groups is 2. The van der Waals surface area contributed by atoms with E-state index in [9.17, 15) is 35.2 Å². The lowest BCUT2D eigenvalue weighted by Crippen LogP contribution is -2.40. The molecule has 0 saturated carbocycles. The van der Waals surface area contributed by atoms with Gasteiger partial charge in [-0.25, -0.2) is 37.1 Å². The molecule has 18 heteroatoms. The molecule has 1 aliphatic heterocycles. The van der Waals surface area contributed by atoms with Crippen molar-refractivity contribution in [2.24, 2.45) is 5.73 Å². The van der Waals surface area contributed by atoms with Crippen LogP contribution in [0, 0.1) is 12.7 Å². The van der Waals surface area contributed by atoms with Gasteiger partial charge in [-0.15, -0.1) is 12.4 Å². The second kappa shape index (κ2) is 23.6. The second-order valence-electron chi connectivity index (χ2n) is 15.6. The lowest BCUT2D eigenvalue weighted by molar-refractivity contribution is -0.137. The number of halogens is 6. The van der Waals surface area contributed by atoms with Crippen LogP contribution in [0.3, 0.4) is 0 Å². The van der Waals surface area contributed by atoms with Gasteiger partial charge in [-0.2, -0.15) is 17.5 Å². The van der Waals surface area contributed by atoms with Crippen molar-refractivity contribution in [2.45, 2.75) is 77.8 Å². The summed E-state index contributed by atoms with van der Waals surface area (Å²) in [6, 6.07) is 39.1. The van der Waals surface area contributed by atoms with Gasteiger partial charge < -0.3 is 5.73 Å². The number of carbonyl (C=O) groups is 1. The Hall–Kier alpha value is -5.56. The SMILES string of the molecule is Cc1ccc(-c2cc(CN)nc(SCc3ccccc3)n2)cc1.Cl.O=C(CCc1cc(-c2ccc(C(F)(F)F)cc2)nc(SCc2ccccc2)n1)[C@@H]1C[C@@H](F)CN1S(=O)(=O)c1ccc(F)cc1. The molecular formula is C50H46ClF5N6O3S3. The molecule has 2 N–H and O–H groups in total. The third-order valence-electron chi connectivity index (χ3n) is 10.6. The first-order valence-corrected chi connectivity index (χ1v) is 24.5. The van der Waals surface area contributed by atoms with Gasteiger partial charge in [0.1, 0.15) is 12.0 Å². The van der Waals surface area contributed by atoms with Crippen LogP contribution >= 0.6 is 35.9 Å². The number of Topliss-reactive ketones (excluding diaryl/α,β-unsaturated/α-hetero) is 1. The summed E-state index contributed by atoms with van der Waals surface area (Å²) in [5, 5.41) is 1.12. The quantitative estimate of drug-likeness (QED) is 0.0601. The highest BCUT2D eigenvalue weighted by Gasteiger charge is 2.43. The van der Waals surface area contributed by atoms with Crippen molar-refractivity contribution in [3.8, 4) is 22.5 Å². The molecule has 0 spiro atoms. The van der Waals surface area contributed by atoms with Gasteiger partial charge in [0.15, 0.2) is 16.1 Å². The molecule has 1 aliphatic rings. The summed E-state index contributed by atoms with van der Waals surface area (Å²) in [4.78, 5) is 31.4. The van der Waals surface area contributed by atoms with Crippen LogP contribution in [0.2, 0.25) is 0 Å². The minimum Gasteiger partial charge on any atom is -0.325 e. The molecule has 0 aliphatic carbocycles. The number of nitrogens with two attached hydrogens (primary N) is 1. The number of rotatable bonds is 15. The maximum absolute atomic E-state index is 14.5. The smallest absolute Gasteiger partial charge is 0.325 e. The summed E-state index contributed by atoms with van der Waals surface area (Å²) in [5.74, 6) is 0.223. The highest BCUT2D eigenvalue weighted by atomic mass is 35.5. The summed E-state index contributed by atoms with van der Waals surface area (Å²) in [6.45, 7) is 2.00. The van der Waals surface area contributed by atoms with E-state index in [1.165, 1.54) is 35.0 Å². The number of hydrogen-bond donors (Lipinski definition) is 1. The van der Waals surface area contributed by atoms with Crippen molar-refractivity contribution in [3.63, 3.8) is 0 Å². The minimum absolute atomic E-state index is 0. The Morgan fingerprint density at radius 2 is 1.22 bits per heavy atom. The Bertz CT molecular complexity index is 2870. The third kappa shape index (κ3) is 14.0. The fourth-order valence-corrected chi connectivity index (χ4v) is 10.4. The predicted molar refractivity (Wildman–Crippen MR) is 259 cm³/mol. The Morgan fingerprint density at radius 1 is 0.721 bits per heavy atom. The number of alkyl halides is 4. The lowest BCUT2D eigenvalue weighted by Gasteiger charge is -2.22. The molecule has 0 amide bonds. The first-order chi connectivity index (χ1) is 32.1. The Kier molecular flexibility index (Phi) is 18.0. The van der Waals surface area contributed by atoms with Crippen LogP contribution in [0.15, 0.2) is 161 Å². The van der Waals surface area contributed by atoms with Crippen LogP contribution in [0.4, 0.5) is 22.0 Å². The number of hydrogen-bond acceptors (Lipinski definition) is 10. The van der Waals surface area contributed by atoms with E-state index in [4.69, 9.17) is 10.7 Å². The summed E-state index contributed by atoms with van der Waals surface area (Å²) < 4.78 is 94.4. The van der Waals surface area contributed by atoms with E-state index in [-0.39, 0.29) is 36.6 Å². The van der Waals surface area contributed by atoms with Gasteiger partial charge in [0.25, 0.3) is 0 Å². The lowest BCUT2D eigenvalue weighted by atomic mass is 10.0. The molecular weight excluding hydrogens is 959 g/mol. The second-order valence-corrected chi connectivity index (χ2v) is 19.4. The highest BCUT2D eigenvalue weighted by molar-refractivity contribution is 7.98. The number of aryl methyl sites for hydroxylation is 2. The fraction of sp³-hybridized carbons (Fsp3) is 0.220. The van der Waals surface area contributed by atoms with E-state index in [1.807, 2.05) is 54.6 Å². The zero-order valence-corrected chi connectivity index (χ0v) is 39.8. The van der Waals surface area contributed by atoms with Gasteiger partial charge in [0.2, 0.25) is 10.0 Å². The topological polar surface area (TPSA) is 132 Å². The number of aromatic nitrogens is 4. The number of ketones is 1. The van der Waals surface area contributed by atoms with E-state index < -0.39 is 52.1 Å². The molecule has 354 valence electrons. The van der Waals surface area contributed by atoms with Crippen LogP contribution < -0.4 is 5.73 Å². The number of benzene rings is 5. The molecule has 3 heterocycles. The number of nitrogens with zero attached hydrogens (tertiary/aromatic N) is 5. The monoisotopic (exact) mass is 1000 g/mol. The molecule has 1 fully saturated rings. The maximum Gasteiger partial charge on any atom is 0.416 e. The van der Waals surface area contributed by atoms with E-state index in [0.29, 0.717) is 34.4 Å². The third-order valence-corrected chi connectivity index (χ3v) is 14.4. The fourth-order valence-electron chi connectivity index (χ4n) is 7.08. The molecule has 5 aromatic carbocycles. The van der Waals surface area contributed by atoms with E-state index in [0.717, 1.165) is 74.1 Å². The van der Waals surface area contributed by atoms with Gasteiger partial charge in [-0.3, -0.25) is 4.79 Å². The molecule has 0 bridgehead atoms. The molecule has 0 radical (unpaired) electrons. The van der Waals surface area contributed by atoms with E-state index >= 15 is 0 Å². The van der Waals surface area contributed by atoms with Crippen molar-refractivity contribution in [1.82, 2.24) is 24.2 Å². The van der Waals surface area contributed by atoms with Gasteiger partial charge in [0.05, 0.1) is 33.6 Å². The molecule has 7 aromatic rings. The van der Waals surface area contributed by atoms with Gasteiger partial charge in [-0.1, -0.05) is 126 Å². The van der Waals surface area contributed by atoms with Crippen molar-refractivity contribution < 1.29 is 35.2 Å². The van der Waals surface area contributed by atoms with E-state index in [1.54, 1.807) is 17.8 Å². The van der Waals surface area contributed by atoms with Gasteiger partial charge >= 0.3 is 6.18 Å². The summed E-state index contributed by atoms with van der Waals surface area (Å²) in [6.07, 6.45) is -6.46. The summed E-state index contributed by atoms with van der Waals surface area (Å²) in [5.41, 5.74) is 12.6. The molecule has 0 unspecified atom stereocenters. The van der Waals surface area contributed by atoms with Crippen molar-refractivity contribution >= 4 is 51.7 Å². The number of carbonyl (C=O) groups excluding carboxylic acids is 1. The summed E-state index contributed by atoms with van der Waals surface area (Å²) in [7, 11) is -4.27. The Labute approximate surface area is 406 Å². The van der Waals surface area contributed by atoms with Crippen LogP contribution in [0.25, 0.3) is 22.5 Å². The molecule has 9 nitrogen and oxygen atoms in total. The highest BCUT2D eigenvalue weighted by Crippen LogP contribution is 2.33. The average molecular weight is 1010 g/mol. The normalized spacial score (nSPS) is 15.0. The van der Waals surface area contributed by atoms with Crippen molar-refractivity contribution in [2.75, 3.05) is 6.54 Å². The molecule has 1 saturated heterocycles.